The number of rotatable bonds is 6. The Labute approximate surface area is 219 Å². The average molecular weight is 511 g/mol. The Balaban J connectivity index is 1.55. The molecule has 10 nitrogen and oxygen atoms in total. The van der Waals surface area contributed by atoms with Crippen LogP contribution < -0.4 is 21.8 Å². The Kier molecular flexibility index (Phi) is 6.24. The number of aryl methyl sites for hydroxylation is 1. The van der Waals surface area contributed by atoms with E-state index >= 15 is 0 Å². The highest BCUT2D eigenvalue weighted by Gasteiger charge is 2.26. The van der Waals surface area contributed by atoms with Gasteiger partial charge in [0.05, 0.1) is 24.3 Å². The first-order valence-corrected chi connectivity index (χ1v) is 13.0. The lowest BCUT2D eigenvalue weighted by Gasteiger charge is -2.31. The standard InChI is InChI=1S/C28H30N8O2/c1-2-34-25-24(32-28(34)33-15-5-7-21(29)17-33)26(37)35(16-19-11-13-30-14-12-19)36(27(25)38)18-22-10-9-20-6-3-4-8-23(20)31-22/h3-4,6,8-14,21H,2,5,7,15-18,29H2,1H3/t21-/m1/s1. The van der Waals surface area contributed by atoms with Crippen molar-refractivity contribution in [3.8, 4) is 0 Å². The van der Waals surface area contributed by atoms with Crippen LogP contribution in [0.25, 0.3) is 21.9 Å². The van der Waals surface area contributed by atoms with Gasteiger partial charge in [0.2, 0.25) is 5.95 Å². The van der Waals surface area contributed by atoms with E-state index in [1.165, 1.54) is 9.36 Å². The summed E-state index contributed by atoms with van der Waals surface area (Å²) in [6, 6.07) is 15.4. The van der Waals surface area contributed by atoms with Crippen LogP contribution in [0.2, 0.25) is 0 Å². The lowest BCUT2D eigenvalue weighted by molar-refractivity contribution is 0.466. The van der Waals surface area contributed by atoms with E-state index in [4.69, 9.17) is 15.7 Å². The van der Waals surface area contributed by atoms with E-state index in [0.29, 0.717) is 30.2 Å². The number of piperidine rings is 1. The van der Waals surface area contributed by atoms with Gasteiger partial charge in [-0.1, -0.05) is 24.3 Å². The quantitative estimate of drug-likeness (QED) is 0.373. The molecule has 1 saturated heterocycles. The Bertz CT molecular complexity index is 1740. The number of para-hydroxylation sites is 1. The number of hydrogen-bond acceptors (Lipinski definition) is 7. The number of nitrogens with two attached hydrogens (primary N) is 1. The Morgan fingerprint density at radius 3 is 2.53 bits per heavy atom. The van der Waals surface area contributed by atoms with Gasteiger partial charge in [-0.05, 0) is 49.6 Å². The van der Waals surface area contributed by atoms with E-state index in [1.54, 1.807) is 12.4 Å². The summed E-state index contributed by atoms with van der Waals surface area (Å²) in [5, 5.41) is 1.02. The highest BCUT2D eigenvalue weighted by Crippen LogP contribution is 2.22. The van der Waals surface area contributed by atoms with Crippen LogP contribution >= 0.6 is 0 Å². The first kappa shape index (κ1) is 24.1. The average Bonchev–Trinajstić information content (AvgIpc) is 3.34. The first-order chi connectivity index (χ1) is 18.5. The normalized spacial score (nSPS) is 15.9. The topological polar surface area (TPSA) is 117 Å². The van der Waals surface area contributed by atoms with Crippen molar-refractivity contribution in [1.29, 1.82) is 0 Å². The minimum Gasteiger partial charge on any atom is -0.341 e. The van der Waals surface area contributed by atoms with Crippen molar-refractivity contribution in [3.63, 3.8) is 0 Å². The number of benzene rings is 1. The van der Waals surface area contributed by atoms with E-state index in [9.17, 15) is 9.59 Å². The minimum atomic E-state index is -0.313. The van der Waals surface area contributed by atoms with Crippen molar-refractivity contribution in [2.24, 2.45) is 5.73 Å². The van der Waals surface area contributed by atoms with Crippen LogP contribution in [0.15, 0.2) is 70.5 Å². The maximum Gasteiger partial charge on any atom is 0.293 e. The number of nitrogens with zero attached hydrogens (tertiary/aromatic N) is 7. The molecule has 0 spiro atoms. The van der Waals surface area contributed by atoms with Gasteiger partial charge >= 0.3 is 0 Å². The fourth-order valence-electron chi connectivity index (χ4n) is 5.33. The van der Waals surface area contributed by atoms with Crippen molar-refractivity contribution in [2.75, 3.05) is 18.0 Å². The molecule has 0 aliphatic carbocycles. The second-order valence-electron chi connectivity index (χ2n) is 9.78. The van der Waals surface area contributed by atoms with Crippen LogP contribution in [-0.2, 0) is 19.6 Å². The molecule has 0 bridgehead atoms. The second kappa shape index (κ2) is 9.86. The lowest BCUT2D eigenvalue weighted by atomic mass is 10.1. The second-order valence-corrected chi connectivity index (χ2v) is 9.78. The third-order valence-corrected chi connectivity index (χ3v) is 7.22. The molecule has 1 aliphatic heterocycles. The van der Waals surface area contributed by atoms with E-state index in [-0.39, 0.29) is 35.8 Å². The summed E-state index contributed by atoms with van der Waals surface area (Å²) < 4.78 is 4.84. The fraction of sp³-hybridized carbons (Fsp3) is 0.321. The van der Waals surface area contributed by atoms with E-state index in [1.807, 2.05) is 60.0 Å². The van der Waals surface area contributed by atoms with Crippen LogP contribution in [0.1, 0.15) is 31.0 Å². The van der Waals surface area contributed by atoms with Crippen LogP contribution in [0.4, 0.5) is 5.95 Å². The molecule has 0 radical (unpaired) electrons. The Morgan fingerprint density at radius 2 is 1.74 bits per heavy atom. The van der Waals surface area contributed by atoms with Crippen molar-refractivity contribution in [2.45, 2.75) is 45.4 Å². The predicted octanol–water partition coefficient (Wildman–Crippen LogP) is 2.35. The number of anilines is 1. The molecular formula is C28H30N8O2. The van der Waals surface area contributed by atoms with Gasteiger partial charge in [0.15, 0.2) is 5.52 Å². The molecule has 38 heavy (non-hydrogen) atoms. The fourth-order valence-corrected chi connectivity index (χ4v) is 5.33. The predicted molar refractivity (Wildman–Crippen MR) is 148 cm³/mol. The number of aromatic nitrogens is 6. The van der Waals surface area contributed by atoms with Crippen LogP contribution in [0.3, 0.4) is 0 Å². The summed E-state index contributed by atoms with van der Waals surface area (Å²) in [6.45, 7) is 4.27. The summed E-state index contributed by atoms with van der Waals surface area (Å²) in [6.07, 6.45) is 5.25. The summed E-state index contributed by atoms with van der Waals surface area (Å²) in [5.74, 6) is 0.629. The van der Waals surface area contributed by atoms with E-state index in [2.05, 4.69) is 9.88 Å². The summed E-state index contributed by atoms with van der Waals surface area (Å²) in [5.41, 5.74) is 8.55. The number of pyridine rings is 2. The molecule has 10 heteroatoms. The molecular weight excluding hydrogens is 480 g/mol. The number of imidazole rings is 1. The highest BCUT2D eigenvalue weighted by molar-refractivity contribution is 5.79. The van der Waals surface area contributed by atoms with Crippen molar-refractivity contribution < 1.29 is 0 Å². The number of fused-ring (bicyclic) bond motifs is 2. The van der Waals surface area contributed by atoms with Crippen molar-refractivity contribution >= 4 is 27.9 Å². The van der Waals surface area contributed by atoms with Crippen molar-refractivity contribution in [1.82, 2.24) is 28.9 Å². The summed E-state index contributed by atoms with van der Waals surface area (Å²) >= 11 is 0. The van der Waals surface area contributed by atoms with Gasteiger partial charge in [-0.25, -0.2) is 14.3 Å². The van der Waals surface area contributed by atoms with Gasteiger partial charge in [0, 0.05) is 43.5 Å². The molecule has 0 amide bonds. The molecule has 0 unspecified atom stereocenters. The molecule has 5 heterocycles. The smallest absolute Gasteiger partial charge is 0.293 e. The minimum absolute atomic E-state index is 0.0350. The van der Waals surface area contributed by atoms with Gasteiger partial charge in [0.25, 0.3) is 11.1 Å². The lowest BCUT2D eigenvalue weighted by Crippen LogP contribution is -2.44. The van der Waals surface area contributed by atoms with Gasteiger partial charge in [-0.3, -0.25) is 19.6 Å². The molecule has 194 valence electrons. The third-order valence-electron chi connectivity index (χ3n) is 7.22. The molecule has 1 atom stereocenters. The monoisotopic (exact) mass is 510 g/mol. The molecule has 1 aromatic carbocycles. The van der Waals surface area contributed by atoms with Crippen molar-refractivity contribution in [3.05, 3.63) is 92.9 Å². The maximum atomic E-state index is 14.2. The third kappa shape index (κ3) is 4.26. The molecule has 0 saturated carbocycles. The molecule has 6 rings (SSSR count). The SMILES string of the molecule is CCn1c(N2CCC[C@@H](N)C2)nc2c(=O)n(Cc3ccncc3)n(Cc3ccc4ccccc4n3)c(=O)c21. The first-order valence-electron chi connectivity index (χ1n) is 13.0. The maximum absolute atomic E-state index is 14.2. The Morgan fingerprint density at radius 1 is 0.947 bits per heavy atom. The zero-order valence-corrected chi connectivity index (χ0v) is 21.3. The summed E-state index contributed by atoms with van der Waals surface area (Å²) in [4.78, 5) is 43.8. The Hall–Kier alpha value is -4.31. The summed E-state index contributed by atoms with van der Waals surface area (Å²) in [7, 11) is 0. The highest BCUT2D eigenvalue weighted by atomic mass is 16.2. The van der Waals surface area contributed by atoms with E-state index in [0.717, 1.165) is 35.9 Å². The van der Waals surface area contributed by atoms with E-state index < -0.39 is 0 Å². The zero-order valence-electron chi connectivity index (χ0n) is 21.3. The molecule has 1 fully saturated rings. The molecule has 2 N–H and O–H groups in total. The van der Waals surface area contributed by atoms with Gasteiger partial charge < -0.3 is 15.2 Å². The molecule has 1 aliphatic rings. The largest absolute Gasteiger partial charge is 0.341 e. The van der Waals surface area contributed by atoms with Crippen LogP contribution in [0, 0.1) is 0 Å². The van der Waals surface area contributed by atoms with Gasteiger partial charge in [-0.15, -0.1) is 0 Å². The van der Waals surface area contributed by atoms with Crippen LogP contribution in [0.5, 0.6) is 0 Å². The zero-order chi connectivity index (χ0) is 26.2. The number of hydrogen-bond donors (Lipinski definition) is 1. The molecule has 4 aromatic heterocycles. The molecule has 5 aromatic rings. The van der Waals surface area contributed by atoms with Gasteiger partial charge in [-0.2, -0.15) is 0 Å². The van der Waals surface area contributed by atoms with Gasteiger partial charge in [0.1, 0.15) is 5.52 Å². The van der Waals surface area contributed by atoms with Crippen LogP contribution in [-0.4, -0.2) is 48.0 Å².